The highest BCUT2D eigenvalue weighted by Crippen LogP contribution is 2.10. The summed E-state index contributed by atoms with van der Waals surface area (Å²) in [5, 5.41) is 1.88. The molecule has 0 radical (unpaired) electrons. The van der Waals surface area contributed by atoms with E-state index in [1.807, 2.05) is 5.32 Å². The maximum Gasteiger partial charge on any atom is 0.331 e. The summed E-state index contributed by atoms with van der Waals surface area (Å²) >= 11 is 0. The van der Waals surface area contributed by atoms with Crippen molar-refractivity contribution < 1.29 is 19.2 Å². The minimum Gasteiger partial charge on any atom is -0.343 e. The SMILES string of the molecule is O=C1NC(=O)N(CCC(=O)N2CCCC2)C1=O. The van der Waals surface area contributed by atoms with E-state index in [0.29, 0.717) is 0 Å². The molecule has 0 aromatic carbocycles. The first-order valence-corrected chi connectivity index (χ1v) is 5.54. The Kier molecular flexibility index (Phi) is 3.08. The molecule has 0 aromatic heterocycles. The second-order valence-corrected chi connectivity index (χ2v) is 4.05. The van der Waals surface area contributed by atoms with E-state index in [2.05, 4.69) is 0 Å². The van der Waals surface area contributed by atoms with Crippen LogP contribution < -0.4 is 5.32 Å². The van der Waals surface area contributed by atoms with Crippen molar-refractivity contribution in [2.75, 3.05) is 19.6 Å². The molecule has 7 heteroatoms. The number of nitrogens with one attached hydrogen (secondary N) is 1. The molecule has 2 rings (SSSR count). The molecule has 7 nitrogen and oxygen atoms in total. The Hall–Kier alpha value is -1.92. The van der Waals surface area contributed by atoms with Gasteiger partial charge in [-0.15, -0.1) is 0 Å². The number of carbonyl (C=O) groups is 4. The monoisotopic (exact) mass is 239 g/mol. The molecule has 1 N–H and O–H groups in total. The Balaban J connectivity index is 1.85. The van der Waals surface area contributed by atoms with Gasteiger partial charge < -0.3 is 4.90 Å². The Morgan fingerprint density at radius 2 is 1.82 bits per heavy atom. The van der Waals surface area contributed by atoms with Crippen molar-refractivity contribution in [2.45, 2.75) is 19.3 Å². The number of hydrogen-bond acceptors (Lipinski definition) is 4. The van der Waals surface area contributed by atoms with Crippen LogP contribution in [0.1, 0.15) is 19.3 Å². The van der Waals surface area contributed by atoms with E-state index in [-0.39, 0.29) is 18.9 Å². The van der Waals surface area contributed by atoms with Gasteiger partial charge in [-0.2, -0.15) is 0 Å². The van der Waals surface area contributed by atoms with Gasteiger partial charge in [-0.3, -0.25) is 24.6 Å². The van der Waals surface area contributed by atoms with Gasteiger partial charge in [-0.05, 0) is 12.8 Å². The molecule has 0 aliphatic carbocycles. The number of rotatable bonds is 3. The van der Waals surface area contributed by atoms with Crippen molar-refractivity contribution >= 4 is 23.8 Å². The van der Waals surface area contributed by atoms with E-state index in [9.17, 15) is 19.2 Å². The van der Waals surface area contributed by atoms with Crippen molar-refractivity contribution in [2.24, 2.45) is 0 Å². The van der Waals surface area contributed by atoms with Gasteiger partial charge >= 0.3 is 17.8 Å². The van der Waals surface area contributed by atoms with E-state index in [0.717, 1.165) is 30.8 Å². The van der Waals surface area contributed by atoms with E-state index < -0.39 is 17.8 Å². The Morgan fingerprint density at radius 3 is 2.35 bits per heavy atom. The van der Waals surface area contributed by atoms with Crippen LogP contribution in [0.4, 0.5) is 4.79 Å². The van der Waals surface area contributed by atoms with Crippen molar-refractivity contribution in [3.63, 3.8) is 0 Å². The van der Waals surface area contributed by atoms with E-state index in [4.69, 9.17) is 0 Å². The quantitative estimate of drug-likeness (QED) is 0.509. The third-order valence-electron chi connectivity index (χ3n) is 2.91. The summed E-state index contributed by atoms with van der Waals surface area (Å²) in [7, 11) is 0. The van der Waals surface area contributed by atoms with Crippen molar-refractivity contribution in [1.29, 1.82) is 0 Å². The summed E-state index contributed by atoms with van der Waals surface area (Å²) in [4.78, 5) is 47.4. The predicted molar refractivity (Wildman–Crippen MR) is 55.7 cm³/mol. The van der Waals surface area contributed by atoms with Gasteiger partial charge in [0.25, 0.3) is 0 Å². The molecule has 0 bridgehead atoms. The molecule has 2 aliphatic heterocycles. The van der Waals surface area contributed by atoms with Crippen LogP contribution in [0.5, 0.6) is 0 Å². The topological polar surface area (TPSA) is 86.8 Å². The largest absolute Gasteiger partial charge is 0.343 e. The first-order valence-electron chi connectivity index (χ1n) is 5.54. The third-order valence-corrected chi connectivity index (χ3v) is 2.91. The molecular formula is C10H13N3O4. The van der Waals surface area contributed by atoms with Crippen LogP contribution in [-0.4, -0.2) is 53.2 Å². The van der Waals surface area contributed by atoms with Crippen molar-refractivity contribution in [1.82, 2.24) is 15.1 Å². The summed E-state index contributed by atoms with van der Waals surface area (Å²) in [6, 6.07) is -0.741. The highest BCUT2D eigenvalue weighted by molar-refractivity contribution is 6.44. The smallest absolute Gasteiger partial charge is 0.331 e. The van der Waals surface area contributed by atoms with Gasteiger partial charge in [0.1, 0.15) is 0 Å². The van der Waals surface area contributed by atoms with Gasteiger partial charge in [0, 0.05) is 26.1 Å². The third kappa shape index (κ3) is 2.27. The zero-order valence-corrected chi connectivity index (χ0v) is 9.27. The Morgan fingerprint density at radius 1 is 1.18 bits per heavy atom. The van der Waals surface area contributed by atoms with E-state index in [1.165, 1.54) is 0 Å². The maximum atomic E-state index is 11.7. The minimum absolute atomic E-state index is 0.0360. The van der Waals surface area contributed by atoms with Crippen LogP contribution in [0.3, 0.4) is 0 Å². The van der Waals surface area contributed by atoms with E-state index in [1.54, 1.807) is 4.90 Å². The molecule has 2 aliphatic rings. The van der Waals surface area contributed by atoms with Crippen molar-refractivity contribution in [3.05, 3.63) is 0 Å². The summed E-state index contributed by atoms with van der Waals surface area (Å²) in [5.41, 5.74) is 0. The summed E-state index contributed by atoms with van der Waals surface area (Å²) in [5.74, 6) is -1.89. The average Bonchev–Trinajstić information content (AvgIpc) is 2.88. The molecule has 0 saturated carbocycles. The standard InChI is InChI=1S/C10H13N3O4/c14-7(12-4-1-2-5-12)3-6-13-9(16)8(15)11-10(13)17/h1-6H2,(H,11,15,17). The van der Waals surface area contributed by atoms with Crippen molar-refractivity contribution in [3.8, 4) is 0 Å². The van der Waals surface area contributed by atoms with Crippen LogP contribution in [0.15, 0.2) is 0 Å². The highest BCUT2D eigenvalue weighted by Gasteiger charge is 2.36. The number of likely N-dealkylation sites (tertiary alicyclic amines) is 1. The molecule has 0 spiro atoms. The Bertz CT molecular complexity index is 387. The molecule has 2 fully saturated rings. The molecule has 92 valence electrons. The van der Waals surface area contributed by atoms with Crippen LogP contribution in [0.2, 0.25) is 0 Å². The summed E-state index contributed by atoms with van der Waals surface area (Å²) < 4.78 is 0. The van der Waals surface area contributed by atoms with Crippen LogP contribution >= 0.6 is 0 Å². The lowest BCUT2D eigenvalue weighted by atomic mass is 10.3. The zero-order valence-electron chi connectivity index (χ0n) is 9.27. The second kappa shape index (κ2) is 4.52. The molecule has 5 amide bonds. The highest BCUT2D eigenvalue weighted by atomic mass is 16.2. The van der Waals surface area contributed by atoms with Gasteiger partial charge in [0.2, 0.25) is 5.91 Å². The molecule has 0 unspecified atom stereocenters. The number of carbonyl (C=O) groups excluding carboxylic acids is 4. The zero-order chi connectivity index (χ0) is 12.4. The number of amides is 5. The first-order chi connectivity index (χ1) is 8.09. The van der Waals surface area contributed by atoms with Gasteiger partial charge in [-0.1, -0.05) is 0 Å². The molecule has 0 aromatic rings. The second-order valence-electron chi connectivity index (χ2n) is 4.05. The molecular weight excluding hydrogens is 226 g/mol. The lowest BCUT2D eigenvalue weighted by Gasteiger charge is -2.17. The molecule has 17 heavy (non-hydrogen) atoms. The van der Waals surface area contributed by atoms with E-state index >= 15 is 0 Å². The van der Waals surface area contributed by atoms with Crippen LogP contribution in [0.25, 0.3) is 0 Å². The summed E-state index contributed by atoms with van der Waals surface area (Å²) in [6.45, 7) is 1.43. The number of urea groups is 1. The normalized spacial score (nSPS) is 20.1. The fourth-order valence-corrected chi connectivity index (χ4v) is 1.97. The number of nitrogens with zero attached hydrogens (tertiary/aromatic N) is 2. The number of imide groups is 2. The van der Waals surface area contributed by atoms with Gasteiger partial charge in [0.15, 0.2) is 0 Å². The lowest BCUT2D eigenvalue weighted by Crippen LogP contribution is -2.36. The maximum absolute atomic E-state index is 11.7. The lowest BCUT2D eigenvalue weighted by molar-refractivity contribution is -0.140. The fourth-order valence-electron chi connectivity index (χ4n) is 1.97. The van der Waals surface area contributed by atoms with Crippen LogP contribution in [-0.2, 0) is 14.4 Å². The van der Waals surface area contributed by atoms with Gasteiger partial charge in [-0.25, -0.2) is 4.79 Å². The predicted octanol–water partition coefficient (Wildman–Crippen LogP) is -0.923. The molecule has 2 heterocycles. The van der Waals surface area contributed by atoms with Crippen LogP contribution in [0, 0.1) is 0 Å². The first kappa shape index (κ1) is 11.6. The average molecular weight is 239 g/mol. The Labute approximate surface area is 97.7 Å². The molecule has 0 atom stereocenters. The minimum atomic E-state index is -0.927. The molecule has 2 saturated heterocycles. The van der Waals surface area contributed by atoms with Gasteiger partial charge in [0.05, 0.1) is 0 Å². The summed E-state index contributed by atoms with van der Waals surface area (Å²) in [6.07, 6.45) is 2.06. The fraction of sp³-hybridized carbons (Fsp3) is 0.600. The number of hydrogen-bond donors (Lipinski definition) is 1.